The lowest BCUT2D eigenvalue weighted by Crippen LogP contribution is -2.13. The molecular weight excluding hydrogens is 261 g/mol. The number of nitrogens with one attached hydrogen (secondary N) is 1. The minimum atomic E-state index is -0.480. The molecule has 0 aliphatic rings. The average Bonchev–Trinajstić information content (AvgIpc) is 2.77. The zero-order valence-corrected chi connectivity index (χ0v) is 12.4. The normalized spacial score (nSPS) is 13.3. The third-order valence-corrected chi connectivity index (χ3v) is 3.77. The summed E-state index contributed by atoms with van der Waals surface area (Å²) in [5.41, 5.74) is 1.12. The van der Waals surface area contributed by atoms with Gasteiger partial charge in [-0.3, -0.25) is 0 Å². The van der Waals surface area contributed by atoms with Crippen molar-refractivity contribution in [2.24, 2.45) is 0 Å². The van der Waals surface area contributed by atoms with E-state index in [-0.39, 0.29) is 11.5 Å². The van der Waals surface area contributed by atoms with Gasteiger partial charge in [0.2, 0.25) is 5.95 Å². The topological polar surface area (TPSA) is 37.8 Å². The van der Waals surface area contributed by atoms with Crippen molar-refractivity contribution in [3.05, 3.63) is 40.2 Å². The van der Waals surface area contributed by atoms with Gasteiger partial charge in [-0.25, -0.2) is 9.97 Å². The minimum Gasteiger partial charge on any atom is -0.361 e. The maximum atomic E-state index is 13.0. The van der Waals surface area contributed by atoms with E-state index >= 15 is 0 Å². The number of hydrogen-bond donors (Lipinski definition) is 1. The van der Waals surface area contributed by atoms with Crippen LogP contribution in [0.3, 0.4) is 0 Å². The highest BCUT2D eigenvalue weighted by Crippen LogP contribution is 2.28. The molecule has 0 radical (unpaired) electrons. The van der Waals surface area contributed by atoms with E-state index in [2.05, 4.69) is 41.4 Å². The molecule has 2 aromatic rings. The first-order valence-electron chi connectivity index (χ1n) is 6.21. The number of hydrogen-bond acceptors (Lipinski definition) is 4. The Morgan fingerprint density at radius 1 is 1.26 bits per heavy atom. The molecule has 5 heteroatoms. The van der Waals surface area contributed by atoms with Gasteiger partial charge in [-0.15, -0.1) is 11.3 Å². The van der Waals surface area contributed by atoms with Crippen LogP contribution in [0.4, 0.5) is 10.2 Å². The van der Waals surface area contributed by atoms with E-state index in [0.717, 1.165) is 10.7 Å². The monoisotopic (exact) mass is 279 g/mol. The van der Waals surface area contributed by atoms with E-state index < -0.39 is 5.95 Å². The van der Waals surface area contributed by atoms with Gasteiger partial charge in [-0.2, -0.15) is 4.39 Å². The molecular formula is C14H18FN3S. The Kier molecular flexibility index (Phi) is 3.85. The van der Waals surface area contributed by atoms with Crippen LogP contribution in [0.5, 0.6) is 0 Å². The quantitative estimate of drug-likeness (QED) is 0.858. The summed E-state index contributed by atoms with van der Waals surface area (Å²) in [5, 5.41) is 6.22. The van der Waals surface area contributed by atoms with Crippen LogP contribution in [0.25, 0.3) is 0 Å². The van der Waals surface area contributed by atoms with Crippen LogP contribution < -0.4 is 5.32 Å². The molecule has 0 fully saturated rings. The summed E-state index contributed by atoms with van der Waals surface area (Å²) in [7, 11) is 0. The fourth-order valence-corrected chi connectivity index (χ4v) is 2.66. The van der Waals surface area contributed by atoms with Crippen molar-refractivity contribution < 1.29 is 4.39 Å². The van der Waals surface area contributed by atoms with Crippen LogP contribution in [0.15, 0.2) is 23.6 Å². The lowest BCUT2D eigenvalue weighted by Gasteiger charge is -2.15. The lowest BCUT2D eigenvalue weighted by atomic mass is 9.93. The van der Waals surface area contributed by atoms with Crippen molar-refractivity contribution in [3.8, 4) is 0 Å². The van der Waals surface area contributed by atoms with E-state index in [1.807, 2.05) is 6.92 Å². The summed E-state index contributed by atoms with van der Waals surface area (Å²) < 4.78 is 13.0. The highest BCUT2D eigenvalue weighted by atomic mass is 32.1. The first kappa shape index (κ1) is 13.9. The van der Waals surface area contributed by atoms with E-state index in [0.29, 0.717) is 5.82 Å². The van der Waals surface area contributed by atoms with Gasteiger partial charge in [-0.1, -0.05) is 26.8 Å². The van der Waals surface area contributed by atoms with Crippen LogP contribution in [0.1, 0.15) is 44.4 Å². The predicted octanol–water partition coefficient (Wildman–Crippen LogP) is 4.15. The van der Waals surface area contributed by atoms with Crippen LogP contribution >= 0.6 is 11.3 Å². The molecule has 0 saturated carbocycles. The van der Waals surface area contributed by atoms with Gasteiger partial charge in [0.1, 0.15) is 10.8 Å². The van der Waals surface area contributed by atoms with Gasteiger partial charge in [0, 0.05) is 10.8 Å². The van der Waals surface area contributed by atoms with Crippen molar-refractivity contribution in [3.63, 3.8) is 0 Å². The lowest BCUT2D eigenvalue weighted by molar-refractivity contribution is 0.569. The largest absolute Gasteiger partial charge is 0.361 e. The van der Waals surface area contributed by atoms with Crippen LogP contribution in [-0.2, 0) is 5.41 Å². The molecule has 2 rings (SSSR count). The zero-order chi connectivity index (χ0) is 14.0. The number of aromatic nitrogens is 2. The van der Waals surface area contributed by atoms with Gasteiger partial charge >= 0.3 is 0 Å². The Morgan fingerprint density at radius 3 is 2.58 bits per heavy atom. The molecule has 0 spiro atoms. The molecule has 0 aliphatic carbocycles. The fraction of sp³-hybridized carbons (Fsp3) is 0.429. The average molecular weight is 279 g/mol. The van der Waals surface area contributed by atoms with Crippen molar-refractivity contribution >= 4 is 17.2 Å². The van der Waals surface area contributed by atoms with Gasteiger partial charge in [0.15, 0.2) is 0 Å². The maximum absolute atomic E-state index is 13.0. The molecule has 1 unspecified atom stereocenters. The number of thiazole rings is 1. The summed E-state index contributed by atoms with van der Waals surface area (Å²) in [5.74, 6) is 0.0479. The second kappa shape index (κ2) is 5.25. The molecule has 2 aromatic heterocycles. The number of halogens is 1. The van der Waals surface area contributed by atoms with E-state index in [4.69, 9.17) is 0 Å². The second-order valence-corrected chi connectivity index (χ2v) is 6.42. The third kappa shape index (κ3) is 3.50. The zero-order valence-electron chi connectivity index (χ0n) is 11.6. The van der Waals surface area contributed by atoms with Crippen molar-refractivity contribution in [1.29, 1.82) is 0 Å². The second-order valence-electron chi connectivity index (χ2n) is 5.53. The molecule has 2 heterocycles. The number of nitrogens with zero attached hydrogens (tertiary/aromatic N) is 2. The Balaban J connectivity index is 2.12. The van der Waals surface area contributed by atoms with E-state index in [1.165, 1.54) is 6.07 Å². The summed E-state index contributed by atoms with van der Waals surface area (Å²) >= 11 is 1.61. The summed E-state index contributed by atoms with van der Waals surface area (Å²) in [6.45, 7) is 8.41. The first-order valence-corrected chi connectivity index (χ1v) is 7.09. The Hall–Kier alpha value is -1.49. The molecule has 1 N–H and O–H groups in total. The Bertz CT molecular complexity index is 560. The van der Waals surface area contributed by atoms with Gasteiger partial charge in [0.05, 0.1) is 11.7 Å². The molecule has 1 atom stereocenters. The summed E-state index contributed by atoms with van der Waals surface area (Å²) in [4.78, 5) is 8.43. The number of pyridine rings is 1. The smallest absolute Gasteiger partial charge is 0.214 e. The summed E-state index contributed by atoms with van der Waals surface area (Å²) in [6.07, 6.45) is 0. The number of anilines is 1. The standard InChI is InChI=1S/C14H18FN3S/c1-9(16-12-7-5-6-11(15)18-12)13-17-10(8-19-13)14(2,3)4/h5-9H,1-4H3,(H,16,18). The van der Waals surface area contributed by atoms with E-state index in [9.17, 15) is 4.39 Å². The van der Waals surface area contributed by atoms with Crippen LogP contribution in [-0.4, -0.2) is 9.97 Å². The Morgan fingerprint density at radius 2 is 2.00 bits per heavy atom. The fourth-order valence-electron chi connectivity index (χ4n) is 1.60. The predicted molar refractivity (Wildman–Crippen MR) is 77.0 cm³/mol. The SMILES string of the molecule is CC(Nc1cccc(F)n1)c1nc(C(C)(C)C)cs1. The van der Waals surface area contributed by atoms with Crippen molar-refractivity contribution in [2.45, 2.75) is 39.2 Å². The molecule has 19 heavy (non-hydrogen) atoms. The molecule has 102 valence electrons. The highest BCUT2D eigenvalue weighted by Gasteiger charge is 2.19. The summed E-state index contributed by atoms with van der Waals surface area (Å²) in [6, 6.07) is 4.73. The first-order chi connectivity index (χ1) is 8.86. The highest BCUT2D eigenvalue weighted by molar-refractivity contribution is 7.09. The van der Waals surface area contributed by atoms with Crippen molar-refractivity contribution in [1.82, 2.24) is 9.97 Å². The van der Waals surface area contributed by atoms with Crippen LogP contribution in [0.2, 0.25) is 0 Å². The van der Waals surface area contributed by atoms with Gasteiger partial charge in [-0.05, 0) is 19.1 Å². The molecule has 3 nitrogen and oxygen atoms in total. The third-order valence-electron chi connectivity index (χ3n) is 2.74. The maximum Gasteiger partial charge on any atom is 0.214 e. The molecule has 0 aromatic carbocycles. The van der Waals surface area contributed by atoms with E-state index in [1.54, 1.807) is 23.5 Å². The molecule has 0 saturated heterocycles. The van der Waals surface area contributed by atoms with Crippen molar-refractivity contribution in [2.75, 3.05) is 5.32 Å². The minimum absolute atomic E-state index is 0.00963. The Labute approximate surface area is 116 Å². The molecule has 0 aliphatic heterocycles. The number of rotatable bonds is 3. The van der Waals surface area contributed by atoms with Gasteiger partial charge in [0.25, 0.3) is 0 Å². The van der Waals surface area contributed by atoms with Crippen LogP contribution in [0, 0.1) is 5.95 Å². The molecule has 0 bridgehead atoms. The molecule has 0 amide bonds. The van der Waals surface area contributed by atoms with Gasteiger partial charge < -0.3 is 5.32 Å².